The summed E-state index contributed by atoms with van der Waals surface area (Å²) in [5.41, 5.74) is 0.978. The van der Waals surface area contributed by atoms with Gasteiger partial charge >= 0.3 is 0 Å². The summed E-state index contributed by atoms with van der Waals surface area (Å²) in [7, 11) is 1.87. The molecule has 94 valence electrons. The highest BCUT2D eigenvalue weighted by molar-refractivity contribution is 5.43. The molecule has 1 fully saturated rings. The molecule has 2 atom stereocenters. The Morgan fingerprint density at radius 1 is 1.29 bits per heavy atom. The van der Waals surface area contributed by atoms with Gasteiger partial charge in [-0.05, 0) is 20.8 Å². The van der Waals surface area contributed by atoms with Crippen LogP contribution in [0.15, 0.2) is 6.07 Å². The third-order valence-corrected chi connectivity index (χ3v) is 2.80. The third-order valence-electron chi connectivity index (χ3n) is 2.80. The van der Waals surface area contributed by atoms with Gasteiger partial charge in [0, 0.05) is 31.9 Å². The molecule has 1 aliphatic rings. The predicted octanol–water partition coefficient (Wildman–Crippen LogP) is 1.44. The third kappa shape index (κ3) is 2.85. The van der Waals surface area contributed by atoms with Crippen molar-refractivity contribution in [2.45, 2.75) is 33.0 Å². The number of aryl methyl sites for hydroxylation is 1. The van der Waals surface area contributed by atoms with Gasteiger partial charge in [-0.1, -0.05) is 0 Å². The van der Waals surface area contributed by atoms with Crippen molar-refractivity contribution in [1.29, 1.82) is 0 Å². The predicted molar refractivity (Wildman–Crippen MR) is 68.5 cm³/mol. The molecule has 2 heterocycles. The Bertz CT molecular complexity index is 386. The lowest BCUT2D eigenvalue weighted by Gasteiger charge is -2.35. The van der Waals surface area contributed by atoms with Crippen molar-refractivity contribution in [3.8, 4) is 0 Å². The number of anilines is 2. The first-order chi connectivity index (χ1) is 8.08. The van der Waals surface area contributed by atoms with Crippen LogP contribution in [0.4, 0.5) is 11.8 Å². The lowest BCUT2D eigenvalue weighted by Crippen LogP contribution is -2.46. The zero-order chi connectivity index (χ0) is 12.4. The van der Waals surface area contributed by atoms with Gasteiger partial charge in [0.2, 0.25) is 5.95 Å². The lowest BCUT2D eigenvalue weighted by molar-refractivity contribution is -0.00572. The fourth-order valence-corrected chi connectivity index (χ4v) is 2.16. The van der Waals surface area contributed by atoms with Crippen LogP contribution in [0, 0.1) is 6.92 Å². The number of morpholine rings is 1. The molecule has 2 rings (SSSR count). The zero-order valence-electron chi connectivity index (χ0n) is 10.9. The maximum atomic E-state index is 5.71. The van der Waals surface area contributed by atoms with Crippen molar-refractivity contribution < 1.29 is 4.74 Å². The van der Waals surface area contributed by atoms with E-state index in [2.05, 4.69) is 34.0 Å². The highest BCUT2D eigenvalue weighted by Crippen LogP contribution is 2.18. The van der Waals surface area contributed by atoms with E-state index in [-0.39, 0.29) is 12.2 Å². The van der Waals surface area contributed by atoms with E-state index in [0.717, 1.165) is 30.5 Å². The minimum atomic E-state index is 0.223. The van der Waals surface area contributed by atoms with Gasteiger partial charge in [0.25, 0.3) is 0 Å². The van der Waals surface area contributed by atoms with E-state index in [0.29, 0.717) is 0 Å². The Balaban J connectivity index is 2.23. The summed E-state index contributed by atoms with van der Waals surface area (Å²) >= 11 is 0. The lowest BCUT2D eigenvalue weighted by atomic mass is 10.2. The van der Waals surface area contributed by atoms with E-state index in [9.17, 15) is 0 Å². The second-order valence-corrected chi connectivity index (χ2v) is 4.61. The number of nitrogens with zero attached hydrogens (tertiary/aromatic N) is 3. The van der Waals surface area contributed by atoms with Crippen LogP contribution in [0.1, 0.15) is 19.5 Å². The highest BCUT2D eigenvalue weighted by atomic mass is 16.5. The average Bonchev–Trinajstić information content (AvgIpc) is 2.26. The van der Waals surface area contributed by atoms with E-state index in [1.165, 1.54) is 0 Å². The molecule has 0 aliphatic carbocycles. The summed E-state index contributed by atoms with van der Waals surface area (Å²) in [6.07, 6.45) is 0.446. The molecule has 5 nitrogen and oxygen atoms in total. The second kappa shape index (κ2) is 4.87. The van der Waals surface area contributed by atoms with Crippen LogP contribution in [0.2, 0.25) is 0 Å². The fourth-order valence-electron chi connectivity index (χ4n) is 2.16. The van der Waals surface area contributed by atoms with Crippen LogP contribution in [0.25, 0.3) is 0 Å². The van der Waals surface area contributed by atoms with E-state index in [1.54, 1.807) is 0 Å². The van der Waals surface area contributed by atoms with Crippen LogP contribution in [0.5, 0.6) is 0 Å². The van der Waals surface area contributed by atoms with Crippen molar-refractivity contribution in [3.63, 3.8) is 0 Å². The summed E-state index contributed by atoms with van der Waals surface area (Å²) in [6.45, 7) is 7.84. The Kier molecular flexibility index (Phi) is 3.47. The molecule has 1 N–H and O–H groups in total. The number of nitrogens with one attached hydrogen (secondary N) is 1. The molecule has 1 aliphatic heterocycles. The largest absolute Gasteiger partial charge is 0.373 e. The molecule has 5 heteroatoms. The highest BCUT2D eigenvalue weighted by Gasteiger charge is 2.24. The molecule has 0 spiro atoms. The monoisotopic (exact) mass is 236 g/mol. The Morgan fingerprint density at radius 3 is 2.53 bits per heavy atom. The Morgan fingerprint density at radius 2 is 1.94 bits per heavy atom. The van der Waals surface area contributed by atoms with E-state index in [1.807, 2.05) is 20.0 Å². The van der Waals surface area contributed by atoms with Gasteiger partial charge < -0.3 is 15.0 Å². The molecule has 0 saturated carbocycles. The molecule has 0 amide bonds. The van der Waals surface area contributed by atoms with E-state index in [4.69, 9.17) is 4.74 Å². The standard InChI is InChI=1S/C12H20N4O/c1-8-5-11(13-4)15-12(14-8)16-6-9(2)17-10(3)7-16/h5,9-10H,6-7H2,1-4H3,(H,13,14,15)/t9-,10+. The Labute approximate surface area is 102 Å². The summed E-state index contributed by atoms with van der Waals surface area (Å²) in [4.78, 5) is 11.2. The van der Waals surface area contributed by atoms with Crippen molar-refractivity contribution in [2.24, 2.45) is 0 Å². The van der Waals surface area contributed by atoms with Gasteiger partial charge in [-0.15, -0.1) is 0 Å². The molecular formula is C12H20N4O. The average molecular weight is 236 g/mol. The first kappa shape index (κ1) is 12.1. The van der Waals surface area contributed by atoms with Crippen molar-refractivity contribution in [1.82, 2.24) is 9.97 Å². The molecular weight excluding hydrogens is 216 g/mol. The maximum Gasteiger partial charge on any atom is 0.227 e. The van der Waals surface area contributed by atoms with Crippen molar-refractivity contribution >= 4 is 11.8 Å². The SMILES string of the molecule is CNc1cc(C)nc(N2C[C@@H](C)O[C@@H](C)C2)n1. The van der Waals surface area contributed by atoms with Gasteiger partial charge in [0.15, 0.2) is 0 Å². The number of ether oxygens (including phenoxy) is 1. The van der Waals surface area contributed by atoms with Gasteiger partial charge in [-0.25, -0.2) is 4.98 Å². The number of hydrogen-bond acceptors (Lipinski definition) is 5. The smallest absolute Gasteiger partial charge is 0.227 e. The minimum Gasteiger partial charge on any atom is -0.373 e. The van der Waals surface area contributed by atoms with Gasteiger partial charge in [0.1, 0.15) is 5.82 Å². The second-order valence-electron chi connectivity index (χ2n) is 4.61. The quantitative estimate of drug-likeness (QED) is 0.842. The van der Waals surface area contributed by atoms with Crippen LogP contribution in [-0.2, 0) is 4.74 Å². The van der Waals surface area contributed by atoms with Crippen molar-refractivity contribution in [2.75, 3.05) is 30.4 Å². The van der Waals surface area contributed by atoms with Gasteiger partial charge in [-0.3, -0.25) is 0 Å². The summed E-state index contributed by atoms with van der Waals surface area (Å²) < 4.78 is 5.71. The minimum absolute atomic E-state index is 0.223. The normalized spacial score (nSPS) is 24.8. The summed E-state index contributed by atoms with van der Waals surface area (Å²) in [5, 5.41) is 3.06. The van der Waals surface area contributed by atoms with Crippen LogP contribution in [-0.4, -0.2) is 42.3 Å². The molecule has 0 aromatic carbocycles. The van der Waals surface area contributed by atoms with Crippen LogP contribution in [0.3, 0.4) is 0 Å². The molecule has 0 bridgehead atoms. The molecule has 0 unspecified atom stereocenters. The first-order valence-corrected chi connectivity index (χ1v) is 6.02. The topological polar surface area (TPSA) is 50.3 Å². The van der Waals surface area contributed by atoms with Crippen LogP contribution >= 0.6 is 0 Å². The first-order valence-electron chi connectivity index (χ1n) is 6.02. The zero-order valence-corrected chi connectivity index (χ0v) is 10.9. The number of rotatable bonds is 2. The fraction of sp³-hybridized carbons (Fsp3) is 0.667. The number of aromatic nitrogens is 2. The van der Waals surface area contributed by atoms with Gasteiger partial charge in [0.05, 0.1) is 12.2 Å². The number of hydrogen-bond donors (Lipinski definition) is 1. The van der Waals surface area contributed by atoms with Crippen molar-refractivity contribution in [3.05, 3.63) is 11.8 Å². The molecule has 0 radical (unpaired) electrons. The van der Waals surface area contributed by atoms with E-state index >= 15 is 0 Å². The molecule has 1 saturated heterocycles. The van der Waals surface area contributed by atoms with Crippen LogP contribution < -0.4 is 10.2 Å². The molecule has 17 heavy (non-hydrogen) atoms. The summed E-state index contributed by atoms with van der Waals surface area (Å²) in [6, 6.07) is 1.94. The Hall–Kier alpha value is -1.36. The van der Waals surface area contributed by atoms with E-state index < -0.39 is 0 Å². The van der Waals surface area contributed by atoms with Gasteiger partial charge in [-0.2, -0.15) is 4.98 Å². The summed E-state index contributed by atoms with van der Waals surface area (Å²) in [5.74, 6) is 1.65. The molecule has 1 aromatic rings. The molecule has 1 aromatic heterocycles. The maximum absolute atomic E-state index is 5.71.